The van der Waals surface area contributed by atoms with Crippen LogP contribution in [0.4, 0.5) is 10.5 Å². The number of pyridine rings is 1. The molecular formula is C59H85Cl2N3O16S. The number of benzene rings is 1. The number of amides is 1. The molecule has 1 aliphatic carbocycles. The predicted octanol–water partition coefficient (Wildman–Crippen LogP) is 9.10. The van der Waals surface area contributed by atoms with Crippen LogP contribution in [-0.4, -0.2) is 169 Å². The van der Waals surface area contributed by atoms with Crippen molar-refractivity contribution in [3.63, 3.8) is 0 Å². The number of ether oxygens (including phenoxy) is 11. The molecule has 452 valence electrons. The van der Waals surface area contributed by atoms with Crippen molar-refractivity contribution in [3.8, 4) is 11.5 Å². The molecule has 5 saturated heterocycles. The number of esters is 2. The van der Waals surface area contributed by atoms with Crippen molar-refractivity contribution in [1.29, 1.82) is 0 Å². The number of fused-ring (bicyclic) bond motifs is 2. The van der Waals surface area contributed by atoms with E-state index in [9.17, 15) is 14.7 Å². The van der Waals surface area contributed by atoms with Gasteiger partial charge < -0.3 is 67.0 Å². The molecule has 0 spiro atoms. The molecule has 19 atom stereocenters. The van der Waals surface area contributed by atoms with Crippen LogP contribution in [0.25, 0.3) is 0 Å². The first-order valence-electron chi connectivity index (χ1n) is 28.6. The number of Topliss-reactive ketones (excluding diaryl/α,β-unsaturated/α-hetero) is 1. The molecule has 1 amide bonds. The van der Waals surface area contributed by atoms with E-state index in [0.29, 0.717) is 58.4 Å². The van der Waals surface area contributed by atoms with Crippen molar-refractivity contribution < 1.29 is 76.4 Å². The van der Waals surface area contributed by atoms with Gasteiger partial charge in [0.05, 0.1) is 71.3 Å². The highest BCUT2D eigenvalue weighted by Gasteiger charge is 2.62. The number of hydrogen-bond donors (Lipinski definition) is 1. The van der Waals surface area contributed by atoms with Gasteiger partial charge in [0.2, 0.25) is 0 Å². The molecule has 6 aliphatic rings. The molecule has 0 bridgehead atoms. The third-order valence-corrected chi connectivity index (χ3v) is 20.2. The van der Waals surface area contributed by atoms with Crippen LogP contribution in [0.15, 0.2) is 30.6 Å². The third kappa shape index (κ3) is 13.2. The lowest BCUT2D eigenvalue weighted by Gasteiger charge is -2.49. The van der Waals surface area contributed by atoms with Crippen molar-refractivity contribution in [2.24, 2.45) is 35.5 Å². The van der Waals surface area contributed by atoms with Gasteiger partial charge in [-0.25, -0.2) is 4.79 Å². The molecule has 0 radical (unpaired) electrons. The number of halogens is 2. The SMILES string of the molecule is CC[C@H]1OC(=O)[C@H](C)[C@@H](O[C@H]2C[C@@](C)(OC)[C@@H](O)[C@H](C)O2)[C@H](C)[C@@H](O[C@@H]2O[C@H](C)C[C@H]3[C@H]2OC(=O)N3C)[C@](C)(OC)C[C@@H](C)C(=O)[C@H](C)[C@H]2[C@H](SCCN(Cc3c(Cl)cncc3Cl)c3ccc(OC)c(OCC4CC4)c3)C(=O)O[C@@]21C. The lowest BCUT2D eigenvalue weighted by atomic mass is 9.70. The summed E-state index contributed by atoms with van der Waals surface area (Å²) in [6.07, 6.45) is -2.33. The zero-order valence-electron chi connectivity index (χ0n) is 49.3. The van der Waals surface area contributed by atoms with E-state index in [2.05, 4.69) is 9.88 Å². The van der Waals surface area contributed by atoms with E-state index in [1.807, 2.05) is 59.7 Å². The molecule has 1 saturated carbocycles. The van der Waals surface area contributed by atoms with E-state index < -0.39 is 119 Å². The van der Waals surface area contributed by atoms with Crippen molar-refractivity contribution in [2.75, 3.05) is 52.2 Å². The molecule has 6 fully saturated rings. The van der Waals surface area contributed by atoms with E-state index in [1.54, 1.807) is 66.3 Å². The van der Waals surface area contributed by atoms with Gasteiger partial charge in [-0.05, 0) is 91.7 Å². The summed E-state index contributed by atoms with van der Waals surface area (Å²) in [5.74, 6) is -3.46. The van der Waals surface area contributed by atoms with Gasteiger partial charge in [-0.2, -0.15) is 0 Å². The zero-order chi connectivity index (χ0) is 59.0. The molecule has 0 unspecified atom stereocenters. The number of likely N-dealkylation sites (N-methyl/N-ethyl adjacent to an activating group) is 1. The summed E-state index contributed by atoms with van der Waals surface area (Å²) in [6, 6.07) is 5.37. The number of rotatable bonds is 18. The Hall–Kier alpha value is -3.70. The van der Waals surface area contributed by atoms with Gasteiger partial charge >= 0.3 is 18.0 Å². The van der Waals surface area contributed by atoms with Gasteiger partial charge in [0.25, 0.3) is 0 Å². The number of hydrogen-bond acceptors (Lipinski definition) is 19. The van der Waals surface area contributed by atoms with Crippen LogP contribution in [0.5, 0.6) is 11.5 Å². The average molecular weight is 1200 g/mol. The number of carbonyl (C=O) groups is 4. The zero-order valence-corrected chi connectivity index (χ0v) is 51.7. The number of aliphatic hydroxyl groups is 1. The number of anilines is 1. The normalized spacial score (nSPS) is 38.6. The number of thioether (sulfide) groups is 1. The molecule has 8 rings (SSSR count). The van der Waals surface area contributed by atoms with Crippen LogP contribution in [0.2, 0.25) is 10.0 Å². The summed E-state index contributed by atoms with van der Waals surface area (Å²) in [4.78, 5) is 66.4. The van der Waals surface area contributed by atoms with Crippen LogP contribution in [0.1, 0.15) is 113 Å². The van der Waals surface area contributed by atoms with Gasteiger partial charge in [-0.3, -0.25) is 19.4 Å². The Bertz CT molecular complexity index is 2550. The highest BCUT2D eigenvalue weighted by Crippen LogP contribution is 2.50. The van der Waals surface area contributed by atoms with Gasteiger partial charge in [-0.1, -0.05) is 50.9 Å². The fourth-order valence-corrected chi connectivity index (χ4v) is 15.0. The van der Waals surface area contributed by atoms with E-state index in [4.69, 9.17) is 75.3 Å². The van der Waals surface area contributed by atoms with Gasteiger partial charge in [0.15, 0.2) is 35.8 Å². The molecule has 22 heteroatoms. The Balaban J connectivity index is 1.15. The number of nitrogens with zero attached hydrogens (tertiary/aromatic N) is 3. The van der Waals surface area contributed by atoms with Crippen molar-refractivity contribution >= 4 is 64.5 Å². The Morgan fingerprint density at radius 3 is 2.21 bits per heavy atom. The first-order valence-corrected chi connectivity index (χ1v) is 30.4. The Kier molecular flexibility index (Phi) is 20.2. The fourth-order valence-electron chi connectivity index (χ4n) is 13.1. The maximum atomic E-state index is 15.5. The maximum Gasteiger partial charge on any atom is 0.410 e. The molecule has 1 aromatic carbocycles. The summed E-state index contributed by atoms with van der Waals surface area (Å²) in [5, 5.41) is 11.1. The van der Waals surface area contributed by atoms with Crippen LogP contribution >= 0.6 is 35.0 Å². The minimum atomic E-state index is -1.48. The number of aliphatic hydroxyl groups excluding tert-OH is 1. The molecule has 6 heterocycles. The fraction of sp³-hybridized carbons (Fsp3) is 0.746. The van der Waals surface area contributed by atoms with E-state index >= 15 is 9.59 Å². The van der Waals surface area contributed by atoms with Crippen LogP contribution in [0.3, 0.4) is 0 Å². The molecule has 5 aliphatic heterocycles. The monoisotopic (exact) mass is 1190 g/mol. The average Bonchev–Trinajstić information content (AvgIpc) is 4.41. The van der Waals surface area contributed by atoms with Crippen LogP contribution < -0.4 is 14.4 Å². The second-order valence-corrected chi connectivity index (χ2v) is 26.0. The predicted molar refractivity (Wildman–Crippen MR) is 304 cm³/mol. The summed E-state index contributed by atoms with van der Waals surface area (Å²) in [7, 11) is 6.34. The number of carbonyl (C=O) groups excluding carboxylic acids is 4. The summed E-state index contributed by atoms with van der Waals surface area (Å²) in [5.41, 5.74) is -2.43. The minimum Gasteiger partial charge on any atom is -0.493 e. The Morgan fingerprint density at radius 2 is 1.57 bits per heavy atom. The standard InChI is InChI=1S/C59H85Cl2N3O16S/c1-15-44-59(10)46(50(54(68)80-59)81-21-20-64(28-38-39(60)26-62-27-40(38)61)37-18-19-42(70-12)43(23-37)73-29-36-16-17-36)32(4)47(65)30(2)24-58(9,72-14)52(79-55-49-41(22-31(3)74-55)63(11)56(69)78-49)33(5)48(34(6)53(67)76-44)77-45-25-57(8,71-13)51(66)35(7)75-45/h18-19,23,26-27,30-36,41,44-46,48-52,55,66H,15-17,20-22,24-25,28-29H2,1-14H3/t30-,31-,32-,33+,34-,35+,41+,44-,45+,46+,48+,49-,50+,51+,52-,55+,57-,58-,59-/m1/s1. The van der Waals surface area contributed by atoms with E-state index in [0.717, 1.165) is 18.5 Å². The first-order chi connectivity index (χ1) is 38.3. The lowest BCUT2D eigenvalue weighted by molar-refractivity contribution is -0.315. The van der Waals surface area contributed by atoms with E-state index in [-0.39, 0.29) is 43.7 Å². The summed E-state index contributed by atoms with van der Waals surface area (Å²) in [6.45, 7) is 19.3. The van der Waals surface area contributed by atoms with Gasteiger partial charge in [0.1, 0.15) is 23.2 Å². The third-order valence-electron chi connectivity index (χ3n) is 18.2. The molecule has 19 nitrogen and oxygen atoms in total. The van der Waals surface area contributed by atoms with Gasteiger partial charge in [-0.15, -0.1) is 11.8 Å². The second kappa shape index (κ2) is 25.9. The molecular weight excluding hydrogens is 1110 g/mol. The topological polar surface area (TPSA) is 209 Å². The highest BCUT2D eigenvalue weighted by molar-refractivity contribution is 8.00. The van der Waals surface area contributed by atoms with Crippen LogP contribution in [-0.2, 0) is 63.6 Å². The largest absolute Gasteiger partial charge is 0.493 e. The van der Waals surface area contributed by atoms with Crippen LogP contribution in [0, 0.1) is 35.5 Å². The quantitative estimate of drug-likeness (QED) is 0.109. The summed E-state index contributed by atoms with van der Waals surface area (Å²) < 4.78 is 70.4. The van der Waals surface area contributed by atoms with Gasteiger partial charge in [0, 0.05) is 99.9 Å². The minimum absolute atomic E-state index is 0.0943. The number of ketones is 1. The molecule has 81 heavy (non-hydrogen) atoms. The number of cyclic esters (lactones) is 1. The first kappa shape index (κ1) is 63.3. The molecule has 2 aromatic rings. The molecule has 1 N–H and O–H groups in total. The second-order valence-electron chi connectivity index (χ2n) is 24.0. The Labute approximate surface area is 491 Å². The maximum absolute atomic E-state index is 15.5. The number of aromatic nitrogens is 1. The highest BCUT2D eigenvalue weighted by atomic mass is 35.5. The summed E-state index contributed by atoms with van der Waals surface area (Å²) >= 11 is 14.9. The van der Waals surface area contributed by atoms with E-state index in [1.165, 1.54) is 18.9 Å². The smallest absolute Gasteiger partial charge is 0.410 e. The lowest BCUT2D eigenvalue weighted by Crippen LogP contribution is -2.60. The van der Waals surface area contributed by atoms with Crippen molar-refractivity contribution in [1.82, 2.24) is 9.88 Å². The number of methoxy groups -OCH3 is 3. The molecule has 1 aromatic heterocycles. The van der Waals surface area contributed by atoms with Crippen molar-refractivity contribution in [3.05, 3.63) is 46.2 Å². The Morgan fingerprint density at radius 1 is 0.877 bits per heavy atom. The van der Waals surface area contributed by atoms with Crippen molar-refractivity contribution in [2.45, 2.75) is 198 Å².